The Labute approximate surface area is 420 Å². The molecule has 0 aliphatic carbocycles. The molecule has 16 heteroatoms. The highest BCUT2D eigenvalue weighted by atomic mass is 16.6. The second kappa shape index (κ2) is 39.8. The van der Waals surface area contributed by atoms with Gasteiger partial charge in [-0.2, -0.15) is 0 Å². The van der Waals surface area contributed by atoms with Crippen molar-refractivity contribution in [3.63, 3.8) is 0 Å². The minimum atomic E-state index is -1.20. The van der Waals surface area contributed by atoms with Crippen LogP contribution in [-0.2, 0) is 71.5 Å². The first-order valence-electron chi connectivity index (χ1n) is 27.4. The van der Waals surface area contributed by atoms with Gasteiger partial charge in [-0.3, -0.25) is 33.6 Å². The Morgan fingerprint density at radius 1 is 0.471 bits per heavy atom. The van der Waals surface area contributed by atoms with Crippen molar-refractivity contribution in [1.29, 1.82) is 0 Å². The quantitative estimate of drug-likeness (QED) is 0.0318. The number of piperidine rings is 1. The van der Waals surface area contributed by atoms with E-state index in [9.17, 15) is 33.6 Å². The first-order valence-corrected chi connectivity index (χ1v) is 27.4. The standard InChI is InChI=1S/C54H93NO15/c1-6-10-14-18-22-26-47(56)64-36-42(37-65-48(57)27-23-19-15-11-7-2)34-51(60)69-46-41-63-45(40-68-54(62)44-30-32-55(5)33-31-44)53(46)70-52(61)35-43(38-66-49(58)28-24-20-16-12-8-3)39-67-50(59)29-25-21-17-13-9-4/h42-46,53H,6-41H2,1-5H3/t45-,46+,53+/m1/s1. The number of carbonyl (C=O) groups excluding carboxylic acids is 7. The fraction of sp³-hybridized carbons (Fsp3) is 0.870. The largest absolute Gasteiger partial charge is 0.465 e. The van der Waals surface area contributed by atoms with E-state index in [1.807, 2.05) is 7.05 Å². The topological polar surface area (TPSA) is 197 Å². The molecule has 0 aromatic carbocycles. The molecule has 0 N–H and O–H groups in total. The van der Waals surface area contributed by atoms with E-state index in [1.165, 1.54) is 0 Å². The third-order valence-corrected chi connectivity index (χ3v) is 13.0. The third-order valence-electron chi connectivity index (χ3n) is 13.0. The van der Waals surface area contributed by atoms with Crippen LogP contribution in [0.2, 0.25) is 0 Å². The number of hydrogen-bond acceptors (Lipinski definition) is 16. The van der Waals surface area contributed by atoms with E-state index in [0.717, 1.165) is 116 Å². The van der Waals surface area contributed by atoms with E-state index in [-0.39, 0.29) is 84.1 Å². The summed E-state index contributed by atoms with van der Waals surface area (Å²) in [5.41, 5.74) is 0. The van der Waals surface area contributed by atoms with Crippen LogP contribution in [-0.4, -0.2) is 125 Å². The van der Waals surface area contributed by atoms with Gasteiger partial charge in [-0.05, 0) is 58.7 Å². The van der Waals surface area contributed by atoms with Crippen LogP contribution >= 0.6 is 0 Å². The smallest absolute Gasteiger partial charge is 0.309 e. The molecule has 3 atom stereocenters. The summed E-state index contributed by atoms with van der Waals surface area (Å²) in [5.74, 6) is -5.24. The number of unbranched alkanes of at least 4 members (excludes halogenated alkanes) is 16. The van der Waals surface area contributed by atoms with Gasteiger partial charge in [0.1, 0.15) is 12.7 Å². The van der Waals surface area contributed by atoms with Gasteiger partial charge in [0.05, 0.1) is 51.8 Å². The number of hydrogen-bond donors (Lipinski definition) is 0. The van der Waals surface area contributed by atoms with Gasteiger partial charge in [0, 0.05) is 37.5 Å². The van der Waals surface area contributed by atoms with Gasteiger partial charge in [0.2, 0.25) is 0 Å². The van der Waals surface area contributed by atoms with Crippen molar-refractivity contribution in [2.45, 2.75) is 226 Å². The van der Waals surface area contributed by atoms with Crippen LogP contribution in [0.25, 0.3) is 0 Å². The number of carbonyl (C=O) groups is 7. The Bertz CT molecular complexity index is 1410. The van der Waals surface area contributed by atoms with Crippen LogP contribution in [0.5, 0.6) is 0 Å². The molecule has 2 aliphatic rings. The molecule has 0 bridgehead atoms. The number of nitrogens with zero attached hydrogens (tertiary/aromatic N) is 1. The molecule has 0 unspecified atom stereocenters. The van der Waals surface area contributed by atoms with E-state index >= 15 is 0 Å². The summed E-state index contributed by atoms with van der Waals surface area (Å²) in [7, 11) is 1.99. The zero-order valence-electron chi connectivity index (χ0n) is 44.0. The van der Waals surface area contributed by atoms with E-state index in [1.54, 1.807) is 0 Å². The van der Waals surface area contributed by atoms with Gasteiger partial charge in [-0.1, -0.05) is 130 Å². The number of likely N-dealkylation sites (tertiary alicyclic amines) is 1. The van der Waals surface area contributed by atoms with Crippen LogP contribution in [0.3, 0.4) is 0 Å². The zero-order valence-corrected chi connectivity index (χ0v) is 44.0. The molecule has 2 aliphatic heterocycles. The average molecular weight is 996 g/mol. The molecule has 0 radical (unpaired) electrons. The first-order chi connectivity index (χ1) is 33.9. The molecule has 2 heterocycles. The highest BCUT2D eigenvalue weighted by molar-refractivity contribution is 5.74. The van der Waals surface area contributed by atoms with Crippen molar-refractivity contribution in [3.05, 3.63) is 0 Å². The lowest BCUT2D eigenvalue weighted by Crippen LogP contribution is -2.42. The average Bonchev–Trinajstić information content (AvgIpc) is 3.71. The van der Waals surface area contributed by atoms with Crippen molar-refractivity contribution < 1.29 is 71.5 Å². The second-order valence-electron chi connectivity index (χ2n) is 19.6. The lowest BCUT2D eigenvalue weighted by Gasteiger charge is -2.28. The summed E-state index contributed by atoms with van der Waals surface area (Å²) in [6.45, 7) is 8.82. The molecule has 0 saturated carbocycles. The van der Waals surface area contributed by atoms with Crippen LogP contribution in [0.4, 0.5) is 0 Å². The first kappa shape index (κ1) is 62.3. The molecule has 404 valence electrons. The lowest BCUT2D eigenvalue weighted by atomic mass is 9.97. The highest BCUT2D eigenvalue weighted by Crippen LogP contribution is 2.26. The van der Waals surface area contributed by atoms with Crippen molar-refractivity contribution in [2.75, 3.05) is 59.8 Å². The molecule has 2 saturated heterocycles. The molecule has 0 spiro atoms. The Kier molecular flexibility index (Phi) is 35.4. The predicted octanol–water partition coefficient (Wildman–Crippen LogP) is 9.72. The van der Waals surface area contributed by atoms with Crippen molar-refractivity contribution in [3.8, 4) is 0 Å². The molecular formula is C54H93NO15. The van der Waals surface area contributed by atoms with Crippen LogP contribution < -0.4 is 0 Å². The molecule has 16 nitrogen and oxygen atoms in total. The maximum atomic E-state index is 13.9. The zero-order chi connectivity index (χ0) is 51.2. The molecule has 2 rings (SSSR count). The van der Waals surface area contributed by atoms with Crippen LogP contribution in [0, 0.1) is 17.8 Å². The fourth-order valence-corrected chi connectivity index (χ4v) is 8.41. The minimum absolute atomic E-state index is 0.171. The summed E-state index contributed by atoms with van der Waals surface area (Å²) in [4.78, 5) is 93.7. The summed E-state index contributed by atoms with van der Waals surface area (Å²) in [5, 5.41) is 0. The van der Waals surface area contributed by atoms with Gasteiger partial charge >= 0.3 is 41.8 Å². The number of rotatable bonds is 41. The van der Waals surface area contributed by atoms with Gasteiger partial charge in [0.15, 0.2) is 12.2 Å². The van der Waals surface area contributed by atoms with E-state index in [4.69, 9.17) is 37.9 Å². The predicted molar refractivity (Wildman–Crippen MR) is 264 cm³/mol. The van der Waals surface area contributed by atoms with Crippen LogP contribution in [0.1, 0.15) is 207 Å². The van der Waals surface area contributed by atoms with E-state index in [2.05, 4.69) is 32.6 Å². The maximum Gasteiger partial charge on any atom is 0.309 e. The monoisotopic (exact) mass is 996 g/mol. The normalized spacial score (nSPS) is 17.3. The minimum Gasteiger partial charge on any atom is -0.465 e. The summed E-state index contributed by atoms with van der Waals surface area (Å²) < 4.78 is 45.9. The Morgan fingerprint density at radius 2 is 0.829 bits per heavy atom. The molecule has 0 amide bonds. The Morgan fingerprint density at radius 3 is 1.20 bits per heavy atom. The van der Waals surface area contributed by atoms with Gasteiger partial charge in [-0.25, -0.2) is 0 Å². The molecule has 0 aromatic rings. The maximum absolute atomic E-state index is 13.9. The molecule has 2 fully saturated rings. The van der Waals surface area contributed by atoms with Gasteiger partial charge < -0.3 is 42.8 Å². The second-order valence-corrected chi connectivity index (χ2v) is 19.6. The van der Waals surface area contributed by atoms with Crippen molar-refractivity contribution in [1.82, 2.24) is 4.90 Å². The van der Waals surface area contributed by atoms with Gasteiger partial charge in [0.25, 0.3) is 0 Å². The van der Waals surface area contributed by atoms with E-state index < -0.39 is 71.9 Å². The van der Waals surface area contributed by atoms with Crippen LogP contribution in [0.15, 0.2) is 0 Å². The summed E-state index contributed by atoms with van der Waals surface area (Å²) >= 11 is 0. The number of esters is 7. The number of ether oxygens (including phenoxy) is 8. The van der Waals surface area contributed by atoms with Crippen molar-refractivity contribution in [2.24, 2.45) is 17.8 Å². The van der Waals surface area contributed by atoms with Crippen molar-refractivity contribution >= 4 is 41.8 Å². The SMILES string of the molecule is CCCCCCCC(=O)OCC(COC(=O)CCCCCCC)CC(=O)O[C@@H]1[C@@H](OC(=O)CC(COC(=O)CCCCCCC)COC(=O)CCCCCCC)CO[C@@H]1COC(=O)C1CCN(C)CC1. The summed E-state index contributed by atoms with van der Waals surface area (Å²) in [6, 6.07) is 0. The molecular weight excluding hydrogens is 903 g/mol. The summed E-state index contributed by atoms with van der Waals surface area (Å²) in [6.07, 6.45) is 17.4. The lowest BCUT2D eigenvalue weighted by molar-refractivity contribution is -0.172. The molecule has 0 aromatic heterocycles. The molecule has 70 heavy (non-hydrogen) atoms. The van der Waals surface area contributed by atoms with Gasteiger partial charge in [-0.15, -0.1) is 0 Å². The fourth-order valence-electron chi connectivity index (χ4n) is 8.41. The Balaban J connectivity index is 2.21. The third kappa shape index (κ3) is 30.2. The highest BCUT2D eigenvalue weighted by Gasteiger charge is 2.44. The Hall–Kier alpha value is -3.79. The van der Waals surface area contributed by atoms with E-state index in [0.29, 0.717) is 38.5 Å².